The van der Waals surface area contributed by atoms with E-state index in [1.165, 1.54) is 12.1 Å². The van der Waals surface area contributed by atoms with Crippen molar-refractivity contribution in [3.63, 3.8) is 0 Å². The van der Waals surface area contributed by atoms with Gasteiger partial charge in [-0.25, -0.2) is 9.37 Å². The van der Waals surface area contributed by atoms with Gasteiger partial charge in [0.2, 0.25) is 17.7 Å². The molecule has 1 saturated heterocycles. The number of nitrogens with zero attached hydrogens (tertiary/aromatic N) is 2. The molecule has 43 heavy (non-hydrogen) atoms. The number of piperidine rings is 1. The van der Waals surface area contributed by atoms with Crippen LogP contribution in [0.2, 0.25) is 0 Å². The number of rotatable bonds is 8. The number of carbonyl (C=O) groups is 3. The van der Waals surface area contributed by atoms with Gasteiger partial charge in [0.05, 0.1) is 5.41 Å². The topological polar surface area (TPSA) is 115 Å². The molecule has 1 aromatic heterocycles. The molecule has 1 atom stereocenters. The highest BCUT2D eigenvalue weighted by Gasteiger charge is 2.51. The summed E-state index contributed by atoms with van der Waals surface area (Å²) in [6, 6.07) is 14.1. The number of hydrogen-bond acceptors (Lipinski definition) is 6. The van der Waals surface area contributed by atoms with Crippen molar-refractivity contribution in [3.8, 4) is 0 Å². The second kappa shape index (κ2) is 11.5. The molecular weight excluding hydrogens is 547 g/mol. The molecule has 10 heteroatoms. The van der Waals surface area contributed by atoms with Gasteiger partial charge in [-0.15, -0.1) is 0 Å². The number of aromatic nitrogens is 1. The lowest BCUT2D eigenvalue weighted by Crippen LogP contribution is -2.49. The minimum absolute atomic E-state index is 0.0569. The summed E-state index contributed by atoms with van der Waals surface area (Å²) in [6.07, 6.45) is 4.08. The lowest BCUT2D eigenvalue weighted by molar-refractivity contribution is -0.145. The number of nitrogens with one attached hydrogen (secondary N) is 4. The van der Waals surface area contributed by atoms with Crippen LogP contribution in [0, 0.1) is 11.2 Å². The molecular formula is C33H37FN6O3. The molecule has 6 rings (SSSR count). The summed E-state index contributed by atoms with van der Waals surface area (Å²) in [7, 11) is 1.81. The highest BCUT2D eigenvalue weighted by molar-refractivity contribution is 6.06. The fourth-order valence-electron chi connectivity index (χ4n) is 6.80. The van der Waals surface area contributed by atoms with Gasteiger partial charge in [0.15, 0.2) is 0 Å². The van der Waals surface area contributed by atoms with Gasteiger partial charge in [0, 0.05) is 36.0 Å². The minimum Gasteiger partial charge on any atom is -0.329 e. The Balaban J connectivity index is 1.21. The van der Waals surface area contributed by atoms with Crippen molar-refractivity contribution in [1.29, 1.82) is 0 Å². The fourth-order valence-corrected chi connectivity index (χ4v) is 6.80. The maximum Gasteiger partial charge on any atom is 0.244 e. The van der Waals surface area contributed by atoms with E-state index in [9.17, 15) is 18.8 Å². The van der Waals surface area contributed by atoms with Crippen LogP contribution in [-0.2, 0) is 45.7 Å². The fraction of sp³-hybridized carbons (Fsp3) is 0.394. The third-order valence-corrected chi connectivity index (χ3v) is 9.21. The number of halogens is 1. The SMILES string of the molecule is CNCc1ccc(F)cc1CN(CC(=O)Nc1ccc2c(c1)C[C@@]1(C2)C(=O)Nc2ncccc21)C(=O)C1(C)CCNCC1. The molecule has 3 heterocycles. The molecule has 0 saturated carbocycles. The summed E-state index contributed by atoms with van der Waals surface area (Å²) in [6.45, 7) is 3.87. The van der Waals surface area contributed by atoms with E-state index in [1.807, 2.05) is 44.3 Å². The van der Waals surface area contributed by atoms with Gasteiger partial charge in [-0.1, -0.05) is 25.1 Å². The van der Waals surface area contributed by atoms with Crippen LogP contribution in [0.5, 0.6) is 0 Å². The predicted molar refractivity (Wildman–Crippen MR) is 162 cm³/mol. The Labute approximate surface area is 250 Å². The van der Waals surface area contributed by atoms with Crippen LogP contribution in [0.25, 0.3) is 0 Å². The summed E-state index contributed by atoms with van der Waals surface area (Å²) in [5.41, 5.74) is 3.79. The van der Waals surface area contributed by atoms with Crippen LogP contribution >= 0.6 is 0 Å². The van der Waals surface area contributed by atoms with Gasteiger partial charge in [0.25, 0.3) is 0 Å². The molecule has 3 aliphatic rings. The Morgan fingerprint density at radius 3 is 2.63 bits per heavy atom. The molecule has 1 spiro atoms. The maximum atomic E-state index is 14.3. The van der Waals surface area contributed by atoms with E-state index in [1.54, 1.807) is 17.2 Å². The molecule has 3 aromatic rings. The molecule has 0 radical (unpaired) electrons. The van der Waals surface area contributed by atoms with Crippen molar-refractivity contribution in [1.82, 2.24) is 20.5 Å². The highest BCUT2D eigenvalue weighted by Crippen LogP contribution is 2.47. The number of benzene rings is 2. The van der Waals surface area contributed by atoms with Gasteiger partial charge >= 0.3 is 0 Å². The molecule has 1 fully saturated rings. The Hall–Kier alpha value is -4.15. The monoisotopic (exact) mass is 584 g/mol. The molecule has 0 bridgehead atoms. The molecule has 4 N–H and O–H groups in total. The van der Waals surface area contributed by atoms with Gasteiger partial charge in [-0.05, 0) is 98.4 Å². The predicted octanol–water partition coefficient (Wildman–Crippen LogP) is 3.29. The second-order valence-electron chi connectivity index (χ2n) is 12.2. The van der Waals surface area contributed by atoms with Crippen LogP contribution < -0.4 is 21.3 Å². The van der Waals surface area contributed by atoms with Crippen LogP contribution in [0.4, 0.5) is 15.9 Å². The van der Waals surface area contributed by atoms with E-state index in [0.29, 0.717) is 49.3 Å². The smallest absolute Gasteiger partial charge is 0.244 e. The minimum atomic E-state index is -0.696. The van der Waals surface area contributed by atoms with Crippen molar-refractivity contribution in [2.45, 2.75) is 51.1 Å². The van der Waals surface area contributed by atoms with Crippen molar-refractivity contribution < 1.29 is 18.8 Å². The Morgan fingerprint density at radius 1 is 1.05 bits per heavy atom. The van der Waals surface area contributed by atoms with E-state index in [2.05, 4.69) is 26.3 Å². The summed E-state index contributed by atoms with van der Waals surface area (Å²) in [5, 5.41) is 12.3. The Bertz CT molecular complexity index is 1590. The third-order valence-electron chi connectivity index (χ3n) is 9.21. The molecule has 9 nitrogen and oxygen atoms in total. The maximum absolute atomic E-state index is 14.3. The standard InChI is InChI=1S/C33H37FN6O3/c1-32(9-12-36-13-10-32)31(43)40(19-24-14-25(34)7-5-22(24)18-35-2)20-28(41)38-26-8-6-21-16-33(17-23(21)15-26)27-4-3-11-37-29(27)39-30(33)42/h3-8,11,14-15,35-36H,9-10,12-13,16-20H2,1-2H3,(H,38,41)(H,37,39,42)/t33-/m1/s1. The average molecular weight is 585 g/mol. The second-order valence-corrected chi connectivity index (χ2v) is 12.2. The summed E-state index contributed by atoms with van der Waals surface area (Å²) >= 11 is 0. The number of fused-ring (bicyclic) bond motifs is 3. The first-order valence-corrected chi connectivity index (χ1v) is 14.8. The summed E-state index contributed by atoms with van der Waals surface area (Å²) in [4.78, 5) is 46.4. The Morgan fingerprint density at radius 2 is 1.84 bits per heavy atom. The molecule has 0 unspecified atom stereocenters. The number of amides is 3. The van der Waals surface area contributed by atoms with Crippen molar-refractivity contribution in [2.75, 3.05) is 37.3 Å². The number of pyridine rings is 1. The van der Waals surface area contributed by atoms with Gasteiger partial charge in [0.1, 0.15) is 18.2 Å². The van der Waals surface area contributed by atoms with E-state index in [0.717, 1.165) is 35.3 Å². The zero-order valence-corrected chi connectivity index (χ0v) is 24.6. The molecule has 2 aromatic carbocycles. The number of hydrogen-bond donors (Lipinski definition) is 4. The lowest BCUT2D eigenvalue weighted by atomic mass is 9.79. The first kappa shape index (κ1) is 28.9. The normalized spacial score (nSPS) is 19.9. The Kier molecular flexibility index (Phi) is 7.74. The number of anilines is 2. The van der Waals surface area contributed by atoms with Crippen molar-refractivity contribution in [3.05, 3.63) is 88.4 Å². The van der Waals surface area contributed by atoms with E-state index >= 15 is 0 Å². The molecule has 224 valence electrons. The third kappa shape index (κ3) is 5.52. The summed E-state index contributed by atoms with van der Waals surface area (Å²) in [5.74, 6) is -0.279. The molecule has 3 amide bonds. The van der Waals surface area contributed by atoms with Gasteiger partial charge in [-0.3, -0.25) is 14.4 Å². The quantitative estimate of drug-likeness (QED) is 0.323. The molecule has 1 aliphatic carbocycles. The lowest BCUT2D eigenvalue weighted by Gasteiger charge is -2.37. The van der Waals surface area contributed by atoms with Crippen LogP contribution in [-0.4, -0.2) is 54.3 Å². The van der Waals surface area contributed by atoms with Crippen LogP contribution in [0.1, 0.15) is 47.6 Å². The average Bonchev–Trinajstić information content (AvgIpc) is 3.50. The van der Waals surface area contributed by atoms with Gasteiger partial charge in [-0.2, -0.15) is 0 Å². The zero-order valence-electron chi connectivity index (χ0n) is 24.6. The largest absolute Gasteiger partial charge is 0.329 e. The first-order valence-electron chi connectivity index (χ1n) is 14.8. The highest BCUT2D eigenvalue weighted by atomic mass is 19.1. The van der Waals surface area contributed by atoms with Crippen LogP contribution in [0.15, 0.2) is 54.7 Å². The number of carbonyl (C=O) groups excluding carboxylic acids is 3. The van der Waals surface area contributed by atoms with E-state index in [4.69, 9.17) is 0 Å². The van der Waals surface area contributed by atoms with E-state index in [-0.39, 0.29) is 36.6 Å². The summed E-state index contributed by atoms with van der Waals surface area (Å²) < 4.78 is 14.3. The van der Waals surface area contributed by atoms with Crippen LogP contribution in [0.3, 0.4) is 0 Å². The molecule has 2 aliphatic heterocycles. The van der Waals surface area contributed by atoms with E-state index < -0.39 is 10.8 Å². The first-order chi connectivity index (χ1) is 20.7. The van der Waals surface area contributed by atoms with Gasteiger partial charge < -0.3 is 26.2 Å². The van der Waals surface area contributed by atoms with Crippen molar-refractivity contribution >= 4 is 29.2 Å². The zero-order chi connectivity index (χ0) is 30.2. The van der Waals surface area contributed by atoms with Crippen molar-refractivity contribution in [2.24, 2.45) is 5.41 Å².